The van der Waals surface area contributed by atoms with Gasteiger partial charge in [0, 0.05) is 10.6 Å². The van der Waals surface area contributed by atoms with Gasteiger partial charge in [0.05, 0.1) is 5.69 Å². The molecule has 0 saturated heterocycles. The number of nitrogens with zero attached hydrogens (tertiary/aromatic N) is 1. The highest BCUT2D eigenvalue weighted by molar-refractivity contribution is 7.99. The lowest BCUT2D eigenvalue weighted by atomic mass is 10.2. The average Bonchev–Trinajstić information content (AvgIpc) is 2.15. The van der Waals surface area contributed by atoms with E-state index in [-0.39, 0.29) is 0 Å². The number of hydrogen-bond donors (Lipinski definition) is 0. The molecule has 0 atom stereocenters. The van der Waals surface area contributed by atoms with Gasteiger partial charge in [0.15, 0.2) is 0 Å². The molecule has 0 fully saturated rings. The van der Waals surface area contributed by atoms with Crippen LogP contribution in [0.3, 0.4) is 0 Å². The minimum atomic E-state index is 0.707. The van der Waals surface area contributed by atoms with Crippen LogP contribution in [0.5, 0.6) is 0 Å². The van der Waals surface area contributed by atoms with Crippen molar-refractivity contribution in [1.29, 1.82) is 0 Å². The molecule has 0 aliphatic carbocycles. The molecular weight excluding hydrogens is 190 g/mol. The smallest absolute Gasteiger partial charge is 0.0758 e. The molecule has 0 amide bonds. The number of thioether (sulfide) groups is 1. The van der Waals surface area contributed by atoms with E-state index in [9.17, 15) is 0 Å². The highest BCUT2D eigenvalue weighted by Crippen LogP contribution is 2.31. The van der Waals surface area contributed by atoms with E-state index >= 15 is 0 Å². The molecule has 1 aromatic carbocycles. The summed E-state index contributed by atoms with van der Waals surface area (Å²) >= 11 is 1.86. The average molecular weight is 207 g/mol. The fourth-order valence-electron chi connectivity index (χ4n) is 1.12. The van der Waals surface area contributed by atoms with Gasteiger partial charge in [-0.1, -0.05) is 19.9 Å². The van der Waals surface area contributed by atoms with Crippen molar-refractivity contribution in [3.05, 3.63) is 23.8 Å². The summed E-state index contributed by atoms with van der Waals surface area (Å²) in [5.74, 6) is 1.84. The molecule has 0 heterocycles. The normalized spacial score (nSPS) is 10.6. The fourth-order valence-corrected chi connectivity index (χ4v) is 2.19. The Balaban J connectivity index is 2.82. The van der Waals surface area contributed by atoms with E-state index in [1.165, 1.54) is 10.5 Å². The first-order valence-electron chi connectivity index (χ1n) is 4.83. The van der Waals surface area contributed by atoms with Gasteiger partial charge in [0.1, 0.15) is 0 Å². The van der Waals surface area contributed by atoms with E-state index in [1.807, 2.05) is 17.8 Å². The summed E-state index contributed by atoms with van der Waals surface area (Å²) in [6.45, 7) is 10.1. The predicted octanol–water partition coefficient (Wildman–Crippen LogP) is 4.08. The molecule has 14 heavy (non-hydrogen) atoms. The van der Waals surface area contributed by atoms with Gasteiger partial charge in [-0.25, -0.2) is 0 Å². The van der Waals surface area contributed by atoms with Gasteiger partial charge in [-0.3, -0.25) is 4.99 Å². The number of benzene rings is 1. The van der Waals surface area contributed by atoms with E-state index in [0.29, 0.717) is 5.92 Å². The minimum absolute atomic E-state index is 0.707. The van der Waals surface area contributed by atoms with Crippen molar-refractivity contribution in [2.75, 3.05) is 5.75 Å². The van der Waals surface area contributed by atoms with Crippen molar-refractivity contribution in [2.24, 2.45) is 10.9 Å². The molecule has 1 nitrogen and oxygen atoms in total. The van der Waals surface area contributed by atoms with Crippen LogP contribution in [0.4, 0.5) is 5.69 Å². The summed E-state index contributed by atoms with van der Waals surface area (Å²) in [4.78, 5) is 5.26. The van der Waals surface area contributed by atoms with Gasteiger partial charge in [0.25, 0.3) is 0 Å². The summed E-state index contributed by atoms with van der Waals surface area (Å²) in [5, 5.41) is 0. The van der Waals surface area contributed by atoms with Crippen LogP contribution in [-0.2, 0) is 0 Å². The molecule has 1 aromatic rings. The number of hydrogen-bond acceptors (Lipinski definition) is 2. The van der Waals surface area contributed by atoms with E-state index in [2.05, 4.69) is 44.6 Å². The summed E-state index contributed by atoms with van der Waals surface area (Å²) in [6.07, 6.45) is 0. The van der Waals surface area contributed by atoms with E-state index in [0.717, 1.165) is 11.4 Å². The van der Waals surface area contributed by atoms with E-state index < -0.39 is 0 Å². The predicted molar refractivity (Wildman–Crippen MR) is 66.0 cm³/mol. The molecule has 76 valence electrons. The molecule has 1 rings (SSSR count). The van der Waals surface area contributed by atoms with Crippen LogP contribution in [0.15, 0.2) is 28.1 Å². The Hall–Kier alpha value is -0.760. The molecule has 0 aliphatic heterocycles. The Morgan fingerprint density at radius 1 is 1.43 bits per heavy atom. The molecule has 0 spiro atoms. The van der Waals surface area contributed by atoms with Crippen molar-refractivity contribution in [3.63, 3.8) is 0 Å². The summed E-state index contributed by atoms with van der Waals surface area (Å²) < 4.78 is 0. The van der Waals surface area contributed by atoms with Crippen molar-refractivity contribution in [2.45, 2.75) is 25.7 Å². The van der Waals surface area contributed by atoms with Crippen molar-refractivity contribution in [3.8, 4) is 0 Å². The number of rotatable bonds is 4. The SMILES string of the molecule is C=Nc1ccc(C)cc1SCC(C)C. The van der Waals surface area contributed by atoms with Crippen LogP contribution in [0.25, 0.3) is 0 Å². The zero-order valence-corrected chi connectivity index (χ0v) is 9.90. The van der Waals surface area contributed by atoms with Gasteiger partial charge in [-0.05, 0) is 37.3 Å². The van der Waals surface area contributed by atoms with Crippen LogP contribution < -0.4 is 0 Å². The van der Waals surface area contributed by atoms with Crippen LogP contribution in [-0.4, -0.2) is 12.5 Å². The molecule has 0 unspecified atom stereocenters. The van der Waals surface area contributed by atoms with E-state index in [4.69, 9.17) is 0 Å². The quantitative estimate of drug-likeness (QED) is 0.535. The van der Waals surface area contributed by atoms with Gasteiger partial charge >= 0.3 is 0 Å². The molecule has 0 aliphatic rings. The molecule has 0 bridgehead atoms. The van der Waals surface area contributed by atoms with Gasteiger partial charge in [-0.2, -0.15) is 0 Å². The maximum absolute atomic E-state index is 4.02. The van der Waals surface area contributed by atoms with Gasteiger partial charge in [0.2, 0.25) is 0 Å². The standard InChI is InChI=1S/C12H17NS/c1-9(2)8-14-12-7-10(3)5-6-11(12)13-4/h5-7,9H,4,8H2,1-3H3. The maximum atomic E-state index is 4.02. The van der Waals surface area contributed by atoms with E-state index in [1.54, 1.807) is 0 Å². The second-order valence-electron chi connectivity index (χ2n) is 3.83. The third kappa shape index (κ3) is 3.18. The summed E-state index contributed by atoms with van der Waals surface area (Å²) in [7, 11) is 0. The first-order chi connectivity index (χ1) is 6.63. The molecular formula is C12H17NS. The van der Waals surface area contributed by atoms with Gasteiger partial charge < -0.3 is 0 Å². The molecule has 0 aromatic heterocycles. The summed E-state index contributed by atoms with van der Waals surface area (Å²) in [6, 6.07) is 6.28. The summed E-state index contributed by atoms with van der Waals surface area (Å²) in [5.41, 5.74) is 2.28. The molecule has 2 heteroatoms. The van der Waals surface area contributed by atoms with Crippen molar-refractivity contribution in [1.82, 2.24) is 0 Å². The lowest BCUT2D eigenvalue weighted by Crippen LogP contribution is -1.90. The molecule has 0 saturated carbocycles. The second kappa shape index (κ2) is 5.20. The maximum Gasteiger partial charge on any atom is 0.0758 e. The topological polar surface area (TPSA) is 12.4 Å². The monoisotopic (exact) mass is 207 g/mol. The first kappa shape index (κ1) is 11.3. The van der Waals surface area contributed by atoms with Crippen LogP contribution in [0.1, 0.15) is 19.4 Å². The number of aliphatic imine (C=N–C) groups is 1. The number of aryl methyl sites for hydroxylation is 1. The second-order valence-corrected chi connectivity index (χ2v) is 4.90. The zero-order chi connectivity index (χ0) is 10.6. The Morgan fingerprint density at radius 3 is 2.71 bits per heavy atom. The first-order valence-corrected chi connectivity index (χ1v) is 5.82. The minimum Gasteiger partial charge on any atom is -0.263 e. The highest BCUT2D eigenvalue weighted by atomic mass is 32.2. The van der Waals surface area contributed by atoms with Gasteiger partial charge in [-0.15, -0.1) is 11.8 Å². The Morgan fingerprint density at radius 2 is 2.14 bits per heavy atom. The largest absolute Gasteiger partial charge is 0.263 e. The third-order valence-corrected chi connectivity index (χ3v) is 3.33. The molecule has 0 radical (unpaired) electrons. The lowest BCUT2D eigenvalue weighted by molar-refractivity contribution is 0.750. The fraction of sp³-hybridized carbons (Fsp3) is 0.417. The Labute approximate surface area is 90.6 Å². The van der Waals surface area contributed by atoms with Crippen molar-refractivity contribution >= 4 is 24.2 Å². The van der Waals surface area contributed by atoms with Crippen molar-refractivity contribution < 1.29 is 0 Å². The third-order valence-electron chi connectivity index (χ3n) is 1.86. The highest BCUT2D eigenvalue weighted by Gasteiger charge is 2.03. The zero-order valence-electron chi connectivity index (χ0n) is 9.08. The Bertz CT molecular complexity index is 318. The Kier molecular flexibility index (Phi) is 4.21. The van der Waals surface area contributed by atoms with Crippen LogP contribution in [0.2, 0.25) is 0 Å². The van der Waals surface area contributed by atoms with Crippen LogP contribution >= 0.6 is 11.8 Å². The van der Waals surface area contributed by atoms with Crippen LogP contribution in [0, 0.1) is 12.8 Å². The molecule has 0 N–H and O–H groups in total. The lowest BCUT2D eigenvalue weighted by Gasteiger charge is -2.08.